The third-order valence-electron chi connectivity index (χ3n) is 3.45. The van der Waals surface area contributed by atoms with Crippen molar-refractivity contribution in [2.45, 2.75) is 26.4 Å². The van der Waals surface area contributed by atoms with E-state index in [2.05, 4.69) is 21.0 Å². The van der Waals surface area contributed by atoms with Crippen LogP contribution in [0, 0.1) is 0 Å². The molecule has 0 saturated carbocycles. The van der Waals surface area contributed by atoms with Gasteiger partial charge in [0.25, 0.3) is 11.7 Å². The number of anilines is 1. The van der Waals surface area contributed by atoms with Crippen LogP contribution in [0.4, 0.5) is 5.69 Å². The van der Waals surface area contributed by atoms with Crippen LogP contribution in [0.2, 0.25) is 0 Å². The molecule has 0 spiro atoms. The zero-order valence-corrected chi connectivity index (χ0v) is 13.3. The Morgan fingerprint density at radius 1 is 1.24 bits per heavy atom. The van der Waals surface area contributed by atoms with Gasteiger partial charge in [-0.05, 0) is 48.0 Å². The average molecular weight is 348 g/mol. The summed E-state index contributed by atoms with van der Waals surface area (Å²) < 4.78 is 2.57. The molecule has 0 bridgehead atoms. The highest BCUT2D eigenvalue weighted by Crippen LogP contribution is 2.36. The first-order chi connectivity index (χ1) is 9.99. The highest BCUT2D eigenvalue weighted by atomic mass is 79.9. The van der Waals surface area contributed by atoms with Crippen molar-refractivity contribution in [2.75, 3.05) is 4.90 Å². The number of nitrogens with zero attached hydrogens (tertiary/aromatic N) is 3. The number of fused-ring (bicyclic) bond motifs is 1. The highest BCUT2D eigenvalue weighted by Gasteiger charge is 2.37. The number of benzene rings is 1. The van der Waals surface area contributed by atoms with E-state index < -0.39 is 11.7 Å². The Hall–Kier alpha value is -1.95. The lowest BCUT2D eigenvalue weighted by atomic mass is 10.1. The van der Waals surface area contributed by atoms with Crippen LogP contribution in [-0.4, -0.2) is 21.5 Å². The van der Waals surface area contributed by atoms with E-state index in [0.29, 0.717) is 17.8 Å². The Bertz CT molecular complexity index is 736. The van der Waals surface area contributed by atoms with Crippen LogP contribution in [0.3, 0.4) is 0 Å². The van der Waals surface area contributed by atoms with E-state index >= 15 is 0 Å². The zero-order chi connectivity index (χ0) is 15.1. The summed E-state index contributed by atoms with van der Waals surface area (Å²) in [6.45, 7) is 4.36. The van der Waals surface area contributed by atoms with E-state index in [-0.39, 0.29) is 6.04 Å². The number of ketones is 1. The standard InChI is InChI=1S/C15H14BrN3O2/c1-9(2)19-7-6-10(17-19)8-18-13-11(14(20)15(18)21)4-3-5-12(13)16/h3-7,9H,8H2,1-2H3. The number of hydrogen-bond acceptors (Lipinski definition) is 3. The Kier molecular flexibility index (Phi) is 3.41. The van der Waals surface area contributed by atoms with Gasteiger partial charge in [0.1, 0.15) is 0 Å². The molecule has 5 nitrogen and oxygen atoms in total. The van der Waals surface area contributed by atoms with Gasteiger partial charge in [-0.2, -0.15) is 5.10 Å². The van der Waals surface area contributed by atoms with E-state index in [4.69, 9.17) is 0 Å². The Balaban J connectivity index is 1.96. The van der Waals surface area contributed by atoms with Crippen molar-refractivity contribution >= 4 is 33.3 Å². The fourth-order valence-electron chi connectivity index (χ4n) is 2.37. The van der Waals surface area contributed by atoms with Crippen molar-refractivity contribution in [1.82, 2.24) is 9.78 Å². The third kappa shape index (κ3) is 2.29. The van der Waals surface area contributed by atoms with Gasteiger partial charge < -0.3 is 0 Å². The molecule has 2 heterocycles. The monoisotopic (exact) mass is 347 g/mol. The average Bonchev–Trinajstić information content (AvgIpc) is 3.00. The fourth-order valence-corrected chi connectivity index (χ4v) is 2.95. The number of hydrogen-bond donors (Lipinski definition) is 0. The molecule has 108 valence electrons. The van der Waals surface area contributed by atoms with Gasteiger partial charge in [0.15, 0.2) is 0 Å². The lowest BCUT2D eigenvalue weighted by Crippen LogP contribution is -2.29. The predicted octanol–water partition coefficient (Wildman–Crippen LogP) is 2.96. The Morgan fingerprint density at radius 3 is 2.67 bits per heavy atom. The van der Waals surface area contributed by atoms with Crippen molar-refractivity contribution in [3.63, 3.8) is 0 Å². The lowest BCUT2D eigenvalue weighted by Gasteiger charge is -2.16. The van der Waals surface area contributed by atoms with Gasteiger partial charge in [-0.25, -0.2) is 0 Å². The van der Waals surface area contributed by atoms with Gasteiger partial charge >= 0.3 is 0 Å². The first-order valence-electron chi connectivity index (χ1n) is 6.67. The molecule has 1 aliphatic heterocycles. The fraction of sp³-hybridized carbons (Fsp3) is 0.267. The Morgan fingerprint density at radius 2 is 2.00 bits per heavy atom. The minimum atomic E-state index is -0.504. The number of rotatable bonds is 3. The van der Waals surface area contributed by atoms with Crippen molar-refractivity contribution in [3.8, 4) is 0 Å². The first kappa shape index (κ1) is 14.0. The molecular weight excluding hydrogens is 334 g/mol. The maximum atomic E-state index is 12.2. The van der Waals surface area contributed by atoms with Crippen molar-refractivity contribution < 1.29 is 9.59 Å². The number of aromatic nitrogens is 2. The molecule has 1 aromatic heterocycles. The van der Waals surface area contributed by atoms with E-state index in [1.807, 2.05) is 36.9 Å². The molecule has 1 aliphatic rings. The number of carbonyl (C=O) groups excluding carboxylic acids is 2. The summed E-state index contributed by atoms with van der Waals surface area (Å²) in [5, 5.41) is 4.43. The second kappa shape index (κ2) is 5.11. The number of amides is 1. The minimum absolute atomic E-state index is 0.258. The summed E-state index contributed by atoms with van der Waals surface area (Å²) in [7, 11) is 0. The molecule has 0 aliphatic carbocycles. The van der Waals surface area contributed by atoms with Crippen LogP contribution in [0.25, 0.3) is 0 Å². The van der Waals surface area contributed by atoms with E-state index in [9.17, 15) is 9.59 Å². The second-order valence-electron chi connectivity index (χ2n) is 5.24. The van der Waals surface area contributed by atoms with E-state index in [1.54, 1.807) is 12.1 Å². The van der Waals surface area contributed by atoms with Crippen molar-refractivity contribution in [1.29, 1.82) is 0 Å². The van der Waals surface area contributed by atoms with Crippen LogP contribution < -0.4 is 4.90 Å². The molecule has 0 unspecified atom stereocenters. The number of para-hydroxylation sites is 1. The highest BCUT2D eigenvalue weighted by molar-refractivity contribution is 9.10. The topological polar surface area (TPSA) is 55.2 Å². The quantitative estimate of drug-likeness (QED) is 0.802. The van der Waals surface area contributed by atoms with Gasteiger partial charge in [0, 0.05) is 16.7 Å². The number of halogens is 1. The van der Waals surface area contributed by atoms with Gasteiger partial charge in [-0.15, -0.1) is 0 Å². The van der Waals surface area contributed by atoms with Crippen LogP contribution in [0.15, 0.2) is 34.9 Å². The molecule has 0 saturated heterocycles. The molecule has 1 amide bonds. The third-order valence-corrected chi connectivity index (χ3v) is 4.09. The molecule has 0 N–H and O–H groups in total. The van der Waals surface area contributed by atoms with Crippen molar-refractivity contribution in [2.24, 2.45) is 0 Å². The molecule has 0 fully saturated rings. The summed E-state index contributed by atoms with van der Waals surface area (Å²) in [6, 6.07) is 7.38. The van der Waals surface area contributed by atoms with Crippen LogP contribution in [-0.2, 0) is 11.3 Å². The normalized spacial score (nSPS) is 14.2. The van der Waals surface area contributed by atoms with Crippen molar-refractivity contribution in [3.05, 3.63) is 46.2 Å². The number of carbonyl (C=O) groups is 2. The molecule has 3 rings (SSSR count). The van der Waals surface area contributed by atoms with Crippen LogP contribution in [0.5, 0.6) is 0 Å². The predicted molar refractivity (Wildman–Crippen MR) is 82.3 cm³/mol. The molecule has 21 heavy (non-hydrogen) atoms. The van der Waals surface area contributed by atoms with Crippen LogP contribution in [0.1, 0.15) is 35.9 Å². The van der Waals surface area contributed by atoms with Gasteiger partial charge in [0.2, 0.25) is 0 Å². The van der Waals surface area contributed by atoms with Crippen LogP contribution >= 0.6 is 15.9 Å². The molecule has 0 atom stereocenters. The molecule has 0 radical (unpaired) electrons. The summed E-state index contributed by atoms with van der Waals surface area (Å²) >= 11 is 3.41. The maximum absolute atomic E-state index is 12.2. The lowest BCUT2D eigenvalue weighted by molar-refractivity contribution is -0.114. The molecule has 6 heteroatoms. The smallest absolute Gasteiger partial charge is 0.298 e. The first-order valence-corrected chi connectivity index (χ1v) is 7.47. The maximum Gasteiger partial charge on any atom is 0.299 e. The van der Waals surface area contributed by atoms with Gasteiger partial charge in [0.05, 0.1) is 23.5 Å². The summed E-state index contributed by atoms with van der Waals surface area (Å²) in [5.41, 5.74) is 1.83. The van der Waals surface area contributed by atoms with E-state index in [0.717, 1.165) is 10.2 Å². The SMILES string of the molecule is CC(C)n1ccc(CN2C(=O)C(=O)c3cccc(Br)c32)n1. The molecule has 1 aromatic carbocycles. The van der Waals surface area contributed by atoms with Gasteiger partial charge in [-0.3, -0.25) is 19.2 Å². The Labute approximate surface area is 130 Å². The van der Waals surface area contributed by atoms with E-state index in [1.165, 1.54) is 4.90 Å². The van der Waals surface area contributed by atoms with Gasteiger partial charge in [-0.1, -0.05) is 6.07 Å². The zero-order valence-electron chi connectivity index (χ0n) is 11.7. The summed E-state index contributed by atoms with van der Waals surface area (Å²) in [5.74, 6) is -0.967. The summed E-state index contributed by atoms with van der Waals surface area (Å²) in [4.78, 5) is 25.7. The second-order valence-corrected chi connectivity index (χ2v) is 6.09. The molecular formula is C15H14BrN3O2. The minimum Gasteiger partial charge on any atom is -0.298 e. The number of Topliss-reactive ketones (excluding diaryl/α,β-unsaturated/α-hetero) is 1. The summed E-state index contributed by atoms with van der Waals surface area (Å²) in [6.07, 6.45) is 1.88. The molecule has 2 aromatic rings. The largest absolute Gasteiger partial charge is 0.299 e.